The average molecular weight is 456 g/mol. The smallest absolute Gasteiger partial charge is 0.273 e. The van der Waals surface area contributed by atoms with E-state index >= 15 is 0 Å². The fraction of sp³-hybridized carbons (Fsp3) is 0.591. The Morgan fingerprint density at radius 2 is 2.09 bits per heavy atom. The minimum atomic E-state index is -0.0387. The van der Waals surface area contributed by atoms with E-state index in [0.29, 0.717) is 36.3 Å². The number of methoxy groups -OCH3 is 1. The normalized spacial score (nSPS) is 20.2. The van der Waals surface area contributed by atoms with E-state index in [0.717, 1.165) is 50.3 Å². The van der Waals surface area contributed by atoms with Crippen LogP contribution < -0.4 is 5.32 Å². The van der Waals surface area contributed by atoms with Crippen molar-refractivity contribution in [2.75, 3.05) is 45.2 Å². The first kappa shape index (κ1) is 22.6. The number of hydrogen-bond donors (Lipinski definition) is 1. The van der Waals surface area contributed by atoms with Gasteiger partial charge >= 0.3 is 0 Å². The van der Waals surface area contributed by atoms with Crippen molar-refractivity contribution in [1.29, 1.82) is 5.26 Å². The summed E-state index contributed by atoms with van der Waals surface area (Å²) in [5, 5.41) is 14.7. The number of anilines is 2. The first-order valence-corrected chi connectivity index (χ1v) is 11.9. The summed E-state index contributed by atoms with van der Waals surface area (Å²) in [7, 11) is 1.72. The van der Waals surface area contributed by atoms with Crippen LogP contribution >= 0.6 is 11.3 Å². The quantitative estimate of drug-likeness (QED) is 0.663. The summed E-state index contributed by atoms with van der Waals surface area (Å²) in [6.45, 7) is 5.51. The molecule has 10 heteroatoms. The van der Waals surface area contributed by atoms with Crippen LogP contribution in [-0.2, 0) is 4.74 Å². The Morgan fingerprint density at radius 1 is 1.28 bits per heavy atom. The number of amides is 1. The number of carbonyl (C=O) groups excluding carboxylic acids is 1. The van der Waals surface area contributed by atoms with E-state index in [2.05, 4.69) is 26.3 Å². The molecule has 4 heterocycles. The van der Waals surface area contributed by atoms with Gasteiger partial charge in [-0.1, -0.05) is 0 Å². The molecule has 1 N–H and O–H groups in total. The zero-order valence-electron chi connectivity index (χ0n) is 18.6. The van der Waals surface area contributed by atoms with Gasteiger partial charge < -0.3 is 15.0 Å². The Balaban J connectivity index is 1.42. The summed E-state index contributed by atoms with van der Waals surface area (Å²) in [4.78, 5) is 30.7. The van der Waals surface area contributed by atoms with Crippen molar-refractivity contribution in [2.45, 2.75) is 44.6 Å². The molecule has 2 aromatic heterocycles. The Bertz CT molecular complexity index is 981. The van der Waals surface area contributed by atoms with E-state index in [1.165, 1.54) is 11.3 Å². The molecule has 9 nitrogen and oxygen atoms in total. The lowest BCUT2D eigenvalue weighted by Gasteiger charge is -2.30. The van der Waals surface area contributed by atoms with Gasteiger partial charge in [0.2, 0.25) is 0 Å². The SMILES string of the molecule is COC1CCN(C(=O)c2csc(Nc3cc(C)nc([C@H]4CCCN(CC#N)C4)n3)n2)CC1. The van der Waals surface area contributed by atoms with Crippen LogP contribution in [0.1, 0.15) is 53.6 Å². The maximum Gasteiger partial charge on any atom is 0.273 e. The van der Waals surface area contributed by atoms with Crippen molar-refractivity contribution >= 4 is 28.2 Å². The number of nitrogens with zero attached hydrogens (tertiary/aromatic N) is 6. The third kappa shape index (κ3) is 5.41. The second-order valence-electron chi connectivity index (χ2n) is 8.38. The van der Waals surface area contributed by atoms with Crippen LogP contribution in [0.3, 0.4) is 0 Å². The lowest BCUT2D eigenvalue weighted by molar-refractivity contribution is 0.0348. The molecular weight excluding hydrogens is 426 g/mol. The molecular formula is C22H29N7O2S. The van der Waals surface area contributed by atoms with Crippen molar-refractivity contribution in [3.8, 4) is 6.07 Å². The van der Waals surface area contributed by atoms with Gasteiger partial charge in [-0.2, -0.15) is 5.26 Å². The highest BCUT2D eigenvalue weighted by atomic mass is 32.1. The fourth-order valence-electron chi connectivity index (χ4n) is 4.34. The summed E-state index contributed by atoms with van der Waals surface area (Å²) < 4.78 is 5.39. The molecule has 2 aliphatic rings. The van der Waals surface area contributed by atoms with E-state index in [1.54, 1.807) is 12.5 Å². The standard InChI is InChI=1S/C22H29N7O2S/c1-15-12-19(26-20(24-15)16-4-3-8-28(13-16)11-7-23)27-22-25-18(14-32-22)21(30)29-9-5-17(31-2)6-10-29/h12,14,16-17H,3-6,8-11,13H2,1-2H3,(H,24,25,26,27)/t16-/m0/s1. The molecule has 2 fully saturated rings. The van der Waals surface area contributed by atoms with Crippen molar-refractivity contribution in [3.63, 3.8) is 0 Å². The zero-order chi connectivity index (χ0) is 22.5. The molecule has 0 aliphatic carbocycles. The number of hydrogen-bond acceptors (Lipinski definition) is 9. The summed E-state index contributed by atoms with van der Waals surface area (Å²) in [6.07, 6.45) is 3.99. The second-order valence-corrected chi connectivity index (χ2v) is 9.23. The number of rotatable bonds is 6. The summed E-state index contributed by atoms with van der Waals surface area (Å²) in [5.41, 5.74) is 1.34. The van der Waals surface area contributed by atoms with Gasteiger partial charge in [-0.05, 0) is 39.2 Å². The predicted octanol–water partition coefficient (Wildman–Crippen LogP) is 2.94. The highest BCUT2D eigenvalue weighted by Crippen LogP contribution is 2.27. The van der Waals surface area contributed by atoms with Gasteiger partial charge in [0, 0.05) is 49.8 Å². The van der Waals surface area contributed by atoms with Crippen molar-refractivity contribution in [3.05, 3.63) is 28.7 Å². The van der Waals surface area contributed by atoms with Crippen LogP contribution in [0.15, 0.2) is 11.4 Å². The first-order valence-electron chi connectivity index (χ1n) is 11.0. The van der Waals surface area contributed by atoms with Gasteiger partial charge in [-0.25, -0.2) is 15.0 Å². The minimum Gasteiger partial charge on any atom is -0.381 e. The van der Waals surface area contributed by atoms with E-state index in [1.807, 2.05) is 17.9 Å². The number of nitrogens with one attached hydrogen (secondary N) is 1. The summed E-state index contributed by atoms with van der Waals surface area (Å²) in [6, 6.07) is 4.12. The number of carbonyl (C=O) groups is 1. The van der Waals surface area contributed by atoms with Gasteiger partial charge in [0.25, 0.3) is 5.91 Å². The Morgan fingerprint density at radius 3 is 2.84 bits per heavy atom. The molecule has 32 heavy (non-hydrogen) atoms. The zero-order valence-corrected chi connectivity index (χ0v) is 19.4. The lowest BCUT2D eigenvalue weighted by Crippen LogP contribution is -2.40. The van der Waals surface area contributed by atoms with Gasteiger partial charge in [-0.3, -0.25) is 9.69 Å². The van der Waals surface area contributed by atoms with Crippen molar-refractivity contribution in [2.24, 2.45) is 0 Å². The maximum absolute atomic E-state index is 12.8. The van der Waals surface area contributed by atoms with Gasteiger partial charge in [-0.15, -0.1) is 11.3 Å². The number of piperidine rings is 2. The Kier molecular flexibility index (Phi) is 7.29. The maximum atomic E-state index is 12.8. The van der Waals surface area contributed by atoms with Crippen molar-refractivity contribution < 1.29 is 9.53 Å². The number of aryl methyl sites for hydroxylation is 1. The van der Waals surface area contributed by atoms with Crippen molar-refractivity contribution in [1.82, 2.24) is 24.8 Å². The average Bonchev–Trinajstić information content (AvgIpc) is 3.27. The van der Waals surface area contributed by atoms with E-state index in [-0.39, 0.29) is 17.9 Å². The molecule has 0 spiro atoms. The highest BCUT2D eigenvalue weighted by molar-refractivity contribution is 7.14. The van der Waals surface area contributed by atoms with Gasteiger partial charge in [0.15, 0.2) is 5.13 Å². The Labute approximate surface area is 192 Å². The van der Waals surface area contributed by atoms with E-state index < -0.39 is 0 Å². The molecule has 0 bridgehead atoms. The van der Waals surface area contributed by atoms with Crippen LogP contribution in [-0.4, -0.2) is 76.6 Å². The van der Waals surface area contributed by atoms with Crippen LogP contribution in [0.4, 0.5) is 10.9 Å². The van der Waals surface area contributed by atoms with E-state index in [9.17, 15) is 4.79 Å². The molecule has 0 aromatic carbocycles. The summed E-state index contributed by atoms with van der Waals surface area (Å²) >= 11 is 1.40. The molecule has 2 aliphatic heterocycles. The van der Waals surface area contributed by atoms with Crippen LogP contribution in [0, 0.1) is 18.3 Å². The fourth-order valence-corrected chi connectivity index (χ4v) is 5.03. The second kappa shape index (κ2) is 10.3. The van der Waals surface area contributed by atoms with Crippen LogP contribution in [0.2, 0.25) is 0 Å². The van der Waals surface area contributed by atoms with Crippen LogP contribution in [0.5, 0.6) is 0 Å². The molecule has 2 saturated heterocycles. The molecule has 1 atom stereocenters. The number of thiazole rings is 1. The van der Waals surface area contributed by atoms with E-state index in [4.69, 9.17) is 15.0 Å². The van der Waals surface area contributed by atoms with Gasteiger partial charge in [0.1, 0.15) is 17.3 Å². The molecule has 0 unspecified atom stereocenters. The minimum absolute atomic E-state index is 0.0387. The molecule has 4 rings (SSSR count). The number of nitriles is 1. The Hall–Kier alpha value is -2.61. The molecule has 2 aromatic rings. The molecule has 1 amide bonds. The number of ether oxygens (including phenoxy) is 1. The number of aromatic nitrogens is 3. The largest absolute Gasteiger partial charge is 0.381 e. The summed E-state index contributed by atoms with van der Waals surface area (Å²) in [5.74, 6) is 1.65. The topological polar surface area (TPSA) is 107 Å². The first-order chi connectivity index (χ1) is 15.6. The predicted molar refractivity (Wildman–Crippen MR) is 122 cm³/mol. The molecule has 170 valence electrons. The lowest BCUT2D eigenvalue weighted by atomic mass is 9.97. The van der Waals surface area contributed by atoms with Gasteiger partial charge in [0.05, 0.1) is 18.7 Å². The monoisotopic (exact) mass is 455 g/mol. The number of likely N-dealkylation sites (tertiary alicyclic amines) is 2. The third-order valence-corrected chi connectivity index (χ3v) is 6.82. The third-order valence-electron chi connectivity index (χ3n) is 6.06. The molecule has 0 radical (unpaired) electrons. The molecule has 0 saturated carbocycles. The van der Waals surface area contributed by atoms with Crippen LogP contribution in [0.25, 0.3) is 0 Å². The highest BCUT2D eigenvalue weighted by Gasteiger charge is 2.26.